The molecule has 141 valence electrons. The van der Waals surface area contributed by atoms with Crippen molar-refractivity contribution in [2.45, 2.75) is 77.8 Å². The highest BCUT2D eigenvalue weighted by Gasteiger charge is 2.47. The lowest BCUT2D eigenvalue weighted by Gasteiger charge is -2.41. The Kier molecular flexibility index (Phi) is 5.26. The van der Waals surface area contributed by atoms with Gasteiger partial charge in [-0.05, 0) is 76.6 Å². The van der Waals surface area contributed by atoms with E-state index in [1.54, 1.807) is 0 Å². The van der Waals surface area contributed by atoms with E-state index in [1.165, 1.54) is 24.9 Å². The van der Waals surface area contributed by atoms with Crippen molar-refractivity contribution in [1.29, 1.82) is 0 Å². The van der Waals surface area contributed by atoms with E-state index in [1.807, 2.05) is 12.1 Å². The minimum atomic E-state index is -1.15. The highest BCUT2D eigenvalue weighted by molar-refractivity contribution is 6.10. The lowest BCUT2D eigenvalue weighted by atomic mass is 9.84. The molecule has 5 heteroatoms. The molecule has 1 heterocycles. The molecule has 0 aromatic heterocycles. The Bertz CT molecular complexity index is 684. The Morgan fingerprint density at radius 2 is 1.73 bits per heavy atom. The molecule has 3 rings (SSSR count). The number of piperidine rings is 1. The fourth-order valence-electron chi connectivity index (χ4n) is 4.71. The van der Waals surface area contributed by atoms with E-state index in [0.717, 1.165) is 18.4 Å². The van der Waals surface area contributed by atoms with Gasteiger partial charge in [0.15, 0.2) is 0 Å². The van der Waals surface area contributed by atoms with Gasteiger partial charge < -0.3 is 10.2 Å². The van der Waals surface area contributed by atoms with Crippen molar-refractivity contribution in [3.8, 4) is 0 Å². The predicted octanol–water partition coefficient (Wildman–Crippen LogP) is 4.07. The molecule has 0 spiro atoms. The van der Waals surface area contributed by atoms with Gasteiger partial charge in [-0.15, -0.1) is 0 Å². The average molecular weight is 356 g/mol. The van der Waals surface area contributed by atoms with Crippen LogP contribution in [0.1, 0.15) is 64.4 Å². The van der Waals surface area contributed by atoms with Gasteiger partial charge in [0.05, 0.1) is 0 Å². The smallest absolute Gasteiger partial charge is 0.254 e. The van der Waals surface area contributed by atoms with Crippen molar-refractivity contribution in [1.82, 2.24) is 5.73 Å². The Morgan fingerprint density at radius 1 is 1.12 bits per heavy atom. The lowest BCUT2D eigenvalue weighted by Crippen LogP contribution is -2.44. The monoisotopic (exact) mass is 356 g/mol. The van der Waals surface area contributed by atoms with Crippen LogP contribution in [0.4, 0.5) is 11.4 Å². The number of benzene rings is 1. The standard InChI is InChI=1S/C21H30N3O2/c1-14-13-17(23-20(26)21(19(22)25)11-4-5-12-21)9-10-18(14)24-15(2)7-6-8-16(24)3/h9-10,13,15-16,22H,4-8,11-12H2,1-3H3,(H,23,26). The number of nitrogens with zero attached hydrogens (tertiary/aromatic N) is 1. The van der Waals surface area contributed by atoms with Gasteiger partial charge in [-0.2, -0.15) is 0 Å². The molecule has 2 atom stereocenters. The normalized spacial score (nSPS) is 25.1. The van der Waals surface area contributed by atoms with Crippen LogP contribution in [0.15, 0.2) is 18.2 Å². The first-order valence-electron chi connectivity index (χ1n) is 9.81. The summed E-state index contributed by atoms with van der Waals surface area (Å²) in [6, 6.07) is 7.01. The molecule has 0 bridgehead atoms. The summed E-state index contributed by atoms with van der Waals surface area (Å²) in [4.78, 5) is 27.0. The predicted molar refractivity (Wildman–Crippen MR) is 104 cm³/mol. The summed E-state index contributed by atoms with van der Waals surface area (Å²) in [5.74, 6) is -1.07. The Morgan fingerprint density at radius 3 is 2.27 bits per heavy atom. The van der Waals surface area contributed by atoms with E-state index in [0.29, 0.717) is 30.6 Å². The van der Waals surface area contributed by atoms with Crippen LogP contribution in [-0.2, 0) is 9.59 Å². The maximum Gasteiger partial charge on any atom is 0.254 e. The molecular weight excluding hydrogens is 326 g/mol. The van der Waals surface area contributed by atoms with Crippen LogP contribution in [0.5, 0.6) is 0 Å². The summed E-state index contributed by atoms with van der Waals surface area (Å²) >= 11 is 0. The molecule has 2 amide bonds. The summed E-state index contributed by atoms with van der Waals surface area (Å²) in [7, 11) is 0. The van der Waals surface area contributed by atoms with Crippen LogP contribution in [0.2, 0.25) is 0 Å². The van der Waals surface area contributed by atoms with Crippen molar-refractivity contribution in [3.63, 3.8) is 0 Å². The number of rotatable bonds is 4. The molecule has 2 aliphatic rings. The first-order chi connectivity index (χ1) is 12.3. The van der Waals surface area contributed by atoms with Gasteiger partial charge in [0.2, 0.25) is 5.91 Å². The van der Waals surface area contributed by atoms with E-state index in [-0.39, 0.29) is 5.91 Å². The SMILES string of the molecule is Cc1cc(NC(=O)C2(C([NH])=O)CCCC2)ccc1N1C(C)CCCC1C. The van der Waals surface area contributed by atoms with E-state index in [4.69, 9.17) is 5.73 Å². The van der Waals surface area contributed by atoms with Crippen LogP contribution in [-0.4, -0.2) is 23.9 Å². The zero-order valence-corrected chi connectivity index (χ0v) is 16.1. The molecule has 1 aromatic carbocycles. The zero-order valence-electron chi connectivity index (χ0n) is 16.1. The number of anilines is 2. The second-order valence-electron chi connectivity index (χ2n) is 8.11. The third-order valence-electron chi connectivity index (χ3n) is 6.25. The van der Waals surface area contributed by atoms with Crippen LogP contribution in [0.3, 0.4) is 0 Å². The molecule has 1 aliphatic carbocycles. The van der Waals surface area contributed by atoms with Crippen LogP contribution in [0, 0.1) is 12.3 Å². The van der Waals surface area contributed by atoms with E-state index in [9.17, 15) is 9.59 Å². The number of aryl methyl sites for hydroxylation is 1. The maximum absolute atomic E-state index is 12.7. The minimum Gasteiger partial charge on any atom is -0.366 e. The fraction of sp³-hybridized carbons (Fsp3) is 0.619. The number of hydrogen-bond donors (Lipinski definition) is 1. The van der Waals surface area contributed by atoms with Gasteiger partial charge in [-0.25, -0.2) is 0 Å². The van der Waals surface area contributed by atoms with E-state index in [2.05, 4.69) is 37.1 Å². The second-order valence-corrected chi connectivity index (χ2v) is 8.11. The van der Waals surface area contributed by atoms with Gasteiger partial charge in [0.25, 0.3) is 5.91 Å². The van der Waals surface area contributed by atoms with Crippen molar-refractivity contribution < 1.29 is 9.59 Å². The minimum absolute atomic E-state index is 0.318. The molecule has 2 fully saturated rings. The number of nitrogens with one attached hydrogen (secondary N) is 2. The number of amides is 2. The molecule has 1 aromatic rings. The Balaban J connectivity index is 1.79. The highest BCUT2D eigenvalue weighted by Crippen LogP contribution is 2.40. The van der Waals surface area contributed by atoms with Gasteiger partial charge in [0, 0.05) is 23.5 Å². The lowest BCUT2D eigenvalue weighted by molar-refractivity contribution is -0.138. The number of carbonyl (C=O) groups is 2. The van der Waals surface area contributed by atoms with E-state index < -0.39 is 11.3 Å². The molecule has 1 saturated heterocycles. The highest BCUT2D eigenvalue weighted by atomic mass is 16.2. The maximum atomic E-state index is 12.7. The summed E-state index contributed by atoms with van der Waals surface area (Å²) in [5.41, 5.74) is 9.47. The number of hydrogen-bond acceptors (Lipinski definition) is 3. The number of carbonyl (C=O) groups excluding carboxylic acids is 2. The van der Waals surface area contributed by atoms with Crippen molar-refractivity contribution >= 4 is 23.2 Å². The third kappa shape index (κ3) is 3.31. The largest absolute Gasteiger partial charge is 0.366 e. The summed E-state index contributed by atoms with van der Waals surface area (Å²) in [6.07, 6.45) is 6.33. The quantitative estimate of drug-likeness (QED) is 0.827. The summed E-state index contributed by atoms with van der Waals surface area (Å²) in [6.45, 7) is 6.61. The molecule has 1 saturated carbocycles. The van der Waals surface area contributed by atoms with Crippen LogP contribution >= 0.6 is 0 Å². The molecule has 1 aliphatic heterocycles. The van der Waals surface area contributed by atoms with Crippen molar-refractivity contribution in [2.24, 2.45) is 5.41 Å². The molecular formula is C21H30N3O2. The van der Waals surface area contributed by atoms with Gasteiger partial charge in [-0.3, -0.25) is 15.3 Å². The van der Waals surface area contributed by atoms with Gasteiger partial charge >= 0.3 is 0 Å². The summed E-state index contributed by atoms with van der Waals surface area (Å²) in [5, 5.41) is 2.90. The van der Waals surface area contributed by atoms with Crippen LogP contribution in [0.25, 0.3) is 0 Å². The molecule has 26 heavy (non-hydrogen) atoms. The van der Waals surface area contributed by atoms with Gasteiger partial charge in [-0.1, -0.05) is 12.8 Å². The molecule has 2 N–H and O–H groups in total. The van der Waals surface area contributed by atoms with Gasteiger partial charge in [0.1, 0.15) is 5.41 Å². The molecule has 5 nitrogen and oxygen atoms in total. The van der Waals surface area contributed by atoms with Crippen molar-refractivity contribution in [3.05, 3.63) is 23.8 Å². The van der Waals surface area contributed by atoms with Crippen LogP contribution < -0.4 is 16.0 Å². The van der Waals surface area contributed by atoms with E-state index >= 15 is 0 Å². The molecule has 2 unspecified atom stereocenters. The Hall–Kier alpha value is -2.04. The second kappa shape index (κ2) is 7.29. The first kappa shape index (κ1) is 18.7. The third-order valence-corrected chi connectivity index (χ3v) is 6.25. The Labute approximate surface area is 156 Å². The average Bonchev–Trinajstić information content (AvgIpc) is 3.07. The topological polar surface area (TPSA) is 73.2 Å². The summed E-state index contributed by atoms with van der Waals surface area (Å²) < 4.78 is 0. The first-order valence-corrected chi connectivity index (χ1v) is 9.81. The fourth-order valence-corrected chi connectivity index (χ4v) is 4.71. The zero-order chi connectivity index (χ0) is 18.9. The molecule has 1 radical (unpaired) electrons. The van der Waals surface area contributed by atoms with Crippen molar-refractivity contribution in [2.75, 3.05) is 10.2 Å².